The zero-order valence-electron chi connectivity index (χ0n) is 11.5. The Morgan fingerprint density at radius 1 is 1.45 bits per heavy atom. The van der Waals surface area contributed by atoms with E-state index in [9.17, 15) is 9.59 Å². The van der Waals surface area contributed by atoms with Gasteiger partial charge in [-0.2, -0.15) is 0 Å². The minimum Gasteiger partial charge on any atom is -0.478 e. The van der Waals surface area contributed by atoms with Crippen molar-refractivity contribution in [2.45, 2.75) is 25.8 Å². The van der Waals surface area contributed by atoms with Crippen molar-refractivity contribution in [2.24, 2.45) is 5.92 Å². The van der Waals surface area contributed by atoms with Crippen LogP contribution < -0.4 is 5.32 Å². The van der Waals surface area contributed by atoms with Crippen LogP contribution in [0.5, 0.6) is 0 Å². The average molecular weight is 277 g/mol. The maximum atomic E-state index is 12.0. The molecular weight excluding hydrogens is 258 g/mol. The van der Waals surface area contributed by atoms with Crippen LogP contribution in [0, 0.1) is 5.92 Å². The van der Waals surface area contributed by atoms with Crippen molar-refractivity contribution in [1.29, 1.82) is 0 Å². The fourth-order valence-electron chi connectivity index (χ4n) is 2.43. The number of hydrogen-bond acceptors (Lipinski definition) is 3. The Morgan fingerprint density at radius 3 is 2.85 bits per heavy atom. The highest BCUT2D eigenvalue weighted by atomic mass is 16.5. The fourth-order valence-corrected chi connectivity index (χ4v) is 2.43. The molecular formula is C15H19NO4. The molecule has 0 aromatic heterocycles. The van der Waals surface area contributed by atoms with E-state index in [4.69, 9.17) is 9.84 Å². The normalized spacial score (nSPS) is 19.6. The van der Waals surface area contributed by atoms with Gasteiger partial charge in [0.25, 0.3) is 0 Å². The predicted octanol–water partition coefficient (Wildman–Crippen LogP) is 1.47. The van der Waals surface area contributed by atoms with Crippen molar-refractivity contribution < 1.29 is 19.4 Å². The van der Waals surface area contributed by atoms with Crippen molar-refractivity contribution in [3.63, 3.8) is 0 Å². The summed E-state index contributed by atoms with van der Waals surface area (Å²) in [5.74, 6) is -0.822. The maximum Gasteiger partial charge on any atom is 0.335 e. The standard InChI is InChI=1S/C15H19NO4/c1-10(12-6-7-20-9-12)16-14(17)8-11-4-2-3-5-13(11)15(18)19/h2-5,10,12H,6-9H2,1H3,(H,16,17)(H,18,19). The van der Waals surface area contributed by atoms with Gasteiger partial charge in [0.2, 0.25) is 5.91 Å². The lowest BCUT2D eigenvalue weighted by molar-refractivity contribution is -0.121. The van der Waals surface area contributed by atoms with Gasteiger partial charge in [-0.1, -0.05) is 18.2 Å². The molecule has 2 rings (SSSR count). The van der Waals surface area contributed by atoms with Crippen LogP contribution in [0.2, 0.25) is 0 Å². The van der Waals surface area contributed by atoms with Crippen LogP contribution in [0.1, 0.15) is 29.3 Å². The first kappa shape index (κ1) is 14.5. The molecule has 0 saturated carbocycles. The Hall–Kier alpha value is -1.88. The molecule has 1 heterocycles. The van der Waals surface area contributed by atoms with E-state index >= 15 is 0 Å². The lowest BCUT2D eigenvalue weighted by Crippen LogP contribution is -2.39. The second-order valence-corrected chi connectivity index (χ2v) is 5.12. The summed E-state index contributed by atoms with van der Waals surface area (Å²) in [5, 5.41) is 12.0. The summed E-state index contributed by atoms with van der Waals surface area (Å²) >= 11 is 0. The molecule has 0 spiro atoms. The molecule has 5 heteroatoms. The van der Waals surface area contributed by atoms with Gasteiger partial charge < -0.3 is 15.2 Å². The summed E-state index contributed by atoms with van der Waals surface area (Å²) in [6.45, 7) is 3.38. The first-order valence-electron chi connectivity index (χ1n) is 6.76. The lowest BCUT2D eigenvalue weighted by atomic mass is 9.99. The highest BCUT2D eigenvalue weighted by Gasteiger charge is 2.23. The van der Waals surface area contributed by atoms with Gasteiger partial charge in [0.1, 0.15) is 0 Å². The van der Waals surface area contributed by atoms with Gasteiger partial charge in [-0.25, -0.2) is 4.79 Å². The van der Waals surface area contributed by atoms with Gasteiger partial charge >= 0.3 is 5.97 Å². The Morgan fingerprint density at radius 2 is 2.20 bits per heavy atom. The first-order valence-corrected chi connectivity index (χ1v) is 6.76. The number of aromatic carboxylic acids is 1. The van der Waals surface area contributed by atoms with E-state index in [1.807, 2.05) is 6.92 Å². The topological polar surface area (TPSA) is 75.6 Å². The van der Waals surface area contributed by atoms with Crippen LogP contribution in [0.15, 0.2) is 24.3 Å². The van der Waals surface area contributed by atoms with E-state index in [1.54, 1.807) is 18.2 Å². The van der Waals surface area contributed by atoms with E-state index in [2.05, 4.69) is 5.32 Å². The molecule has 2 unspecified atom stereocenters. The summed E-state index contributed by atoms with van der Waals surface area (Å²) in [5.41, 5.74) is 0.715. The SMILES string of the molecule is CC(NC(=O)Cc1ccccc1C(=O)O)C1CCOC1. The number of nitrogens with one attached hydrogen (secondary N) is 1. The van der Waals surface area contributed by atoms with E-state index in [0.29, 0.717) is 18.1 Å². The van der Waals surface area contributed by atoms with E-state index in [0.717, 1.165) is 13.0 Å². The van der Waals surface area contributed by atoms with Gasteiger partial charge in [0.05, 0.1) is 18.6 Å². The van der Waals surface area contributed by atoms with Crippen molar-refractivity contribution in [3.8, 4) is 0 Å². The molecule has 1 aromatic carbocycles. The van der Waals surface area contributed by atoms with Crippen LogP contribution >= 0.6 is 0 Å². The molecule has 2 atom stereocenters. The molecule has 1 aliphatic rings. The molecule has 1 aromatic rings. The third-order valence-electron chi connectivity index (χ3n) is 3.66. The van der Waals surface area contributed by atoms with Crippen LogP contribution in [0.3, 0.4) is 0 Å². The third-order valence-corrected chi connectivity index (χ3v) is 3.66. The number of rotatable bonds is 5. The molecule has 20 heavy (non-hydrogen) atoms. The minimum absolute atomic E-state index is 0.0435. The number of carbonyl (C=O) groups is 2. The first-order chi connectivity index (χ1) is 9.58. The summed E-state index contributed by atoms with van der Waals surface area (Å²) in [6, 6.07) is 6.63. The van der Waals surface area contributed by atoms with E-state index < -0.39 is 5.97 Å². The zero-order valence-corrected chi connectivity index (χ0v) is 11.5. The Kier molecular flexibility index (Phi) is 4.74. The van der Waals surface area contributed by atoms with Gasteiger partial charge in [0, 0.05) is 18.6 Å². The lowest BCUT2D eigenvalue weighted by Gasteiger charge is -2.19. The molecule has 1 saturated heterocycles. The monoisotopic (exact) mass is 277 g/mol. The number of benzene rings is 1. The Bertz CT molecular complexity index is 494. The number of hydrogen-bond donors (Lipinski definition) is 2. The number of ether oxygens (including phenoxy) is 1. The molecule has 0 radical (unpaired) electrons. The number of carboxylic acid groups (broad SMARTS) is 1. The van der Waals surface area contributed by atoms with Crippen LogP contribution in [-0.2, 0) is 16.0 Å². The molecule has 2 N–H and O–H groups in total. The van der Waals surface area contributed by atoms with Gasteiger partial charge in [0.15, 0.2) is 0 Å². The quantitative estimate of drug-likeness (QED) is 0.854. The Balaban J connectivity index is 1.96. The highest BCUT2D eigenvalue weighted by Crippen LogP contribution is 2.16. The van der Waals surface area contributed by atoms with E-state index in [-0.39, 0.29) is 23.9 Å². The largest absolute Gasteiger partial charge is 0.478 e. The Labute approximate surface area is 117 Å². The molecule has 0 bridgehead atoms. The average Bonchev–Trinajstić information content (AvgIpc) is 2.92. The smallest absolute Gasteiger partial charge is 0.335 e. The van der Waals surface area contributed by atoms with Gasteiger partial charge in [-0.05, 0) is 25.0 Å². The van der Waals surface area contributed by atoms with Crippen LogP contribution in [-0.4, -0.2) is 36.2 Å². The van der Waals surface area contributed by atoms with Crippen molar-refractivity contribution in [2.75, 3.05) is 13.2 Å². The third kappa shape index (κ3) is 3.57. The molecule has 0 aliphatic carbocycles. The van der Waals surface area contributed by atoms with Crippen molar-refractivity contribution in [3.05, 3.63) is 35.4 Å². The van der Waals surface area contributed by atoms with Crippen molar-refractivity contribution in [1.82, 2.24) is 5.32 Å². The molecule has 108 valence electrons. The molecule has 1 aliphatic heterocycles. The van der Waals surface area contributed by atoms with E-state index in [1.165, 1.54) is 6.07 Å². The summed E-state index contributed by atoms with van der Waals surface area (Å²) in [7, 11) is 0. The number of carboxylic acids is 1. The summed E-state index contributed by atoms with van der Waals surface area (Å²) in [6.07, 6.45) is 1.04. The van der Waals surface area contributed by atoms with Gasteiger partial charge in [-0.15, -0.1) is 0 Å². The fraction of sp³-hybridized carbons (Fsp3) is 0.467. The molecule has 1 fully saturated rings. The number of carbonyl (C=O) groups excluding carboxylic acids is 1. The zero-order chi connectivity index (χ0) is 14.5. The second kappa shape index (κ2) is 6.52. The summed E-state index contributed by atoms with van der Waals surface area (Å²) in [4.78, 5) is 23.1. The van der Waals surface area contributed by atoms with Crippen molar-refractivity contribution >= 4 is 11.9 Å². The maximum absolute atomic E-state index is 12.0. The minimum atomic E-state index is -1.01. The van der Waals surface area contributed by atoms with Gasteiger partial charge in [-0.3, -0.25) is 4.79 Å². The predicted molar refractivity (Wildman–Crippen MR) is 73.6 cm³/mol. The summed E-state index contributed by atoms with van der Waals surface area (Å²) < 4.78 is 5.30. The molecule has 5 nitrogen and oxygen atoms in total. The molecule has 1 amide bonds. The highest BCUT2D eigenvalue weighted by molar-refractivity contribution is 5.91. The number of amides is 1. The van der Waals surface area contributed by atoms with Crippen LogP contribution in [0.4, 0.5) is 0 Å². The second-order valence-electron chi connectivity index (χ2n) is 5.12. The van der Waals surface area contributed by atoms with Crippen LogP contribution in [0.25, 0.3) is 0 Å².